The van der Waals surface area contributed by atoms with Crippen molar-refractivity contribution in [3.8, 4) is 11.1 Å². The topological polar surface area (TPSA) is 17.1 Å². The molecule has 0 heterocycles. The first kappa shape index (κ1) is 10.7. The van der Waals surface area contributed by atoms with Crippen molar-refractivity contribution in [2.24, 2.45) is 0 Å². The van der Waals surface area contributed by atoms with E-state index in [0.29, 0.717) is 0 Å². The maximum atomic E-state index is 12.2. The highest BCUT2D eigenvalue weighted by Gasteiger charge is 2.26. The molecule has 0 N–H and O–H groups in total. The van der Waals surface area contributed by atoms with Gasteiger partial charge in [0.15, 0.2) is 5.78 Å². The van der Waals surface area contributed by atoms with Gasteiger partial charge in [-0.05, 0) is 80.6 Å². The normalized spacial score (nSPS) is 12.5. The second kappa shape index (κ2) is 3.80. The van der Waals surface area contributed by atoms with E-state index in [2.05, 4.69) is 45.2 Å². The Bertz CT molecular complexity index is 564. The quantitative estimate of drug-likeness (QED) is 0.489. The molecular weight excluding hydrogens is 426 g/mol. The number of halogens is 2. The second-order valence-corrected chi connectivity index (χ2v) is 6.20. The molecule has 2 aromatic rings. The first-order chi connectivity index (χ1) is 7.66. The number of rotatable bonds is 0. The van der Waals surface area contributed by atoms with Gasteiger partial charge in [-0.2, -0.15) is 0 Å². The zero-order valence-electron chi connectivity index (χ0n) is 8.13. The molecular formula is C13H6I2O. The minimum absolute atomic E-state index is 0.155. The van der Waals surface area contributed by atoms with Crippen LogP contribution in [0.25, 0.3) is 11.1 Å². The summed E-state index contributed by atoms with van der Waals surface area (Å²) in [5.41, 5.74) is 3.81. The van der Waals surface area contributed by atoms with Crippen molar-refractivity contribution in [1.29, 1.82) is 0 Å². The first-order valence-electron chi connectivity index (χ1n) is 4.81. The molecule has 0 saturated heterocycles. The highest BCUT2D eigenvalue weighted by atomic mass is 127. The monoisotopic (exact) mass is 432 g/mol. The summed E-state index contributed by atoms with van der Waals surface area (Å²) in [6.45, 7) is 0. The van der Waals surface area contributed by atoms with Crippen LogP contribution >= 0.6 is 45.2 Å². The lowest BCUT2D eigenvalue weighted by Gasteiger charge is -1.99. The number of fused-ring (bicyclic) bond motifs is 3. The molecule has 0 bridgehead atoms. The minimum atomic E-state index is 0.155. The number of carbonyl (C=O) groups is 1. The summed E-state index contributed by atoms with van der Waals surface area (Å²) in [5, 5.41) is 0. The maximum Gasteiger partial charge on any atom is 0.194 e. The molecule has 0 radical (unpaired) electrons. The predicted molar refractivity (Wildman–Crippen MR) is 80.7 cm³/mol. The molecule has 3 heteroatoms. The highest BCUT2D eigenvalue weighted by Crippen LogP contribution is 2.37. The molecule has 0 aliphatic heterocycles. The summed E-state index contributed by atoms with van der Waals surface area (Å²) in [6.07, 6.45) is 0. The molecule has 0 saturated carbocycles. The van der Waals surface area contributed by atoms with Crippen molar-refractivity contribution in [3.63, 3.8) is 0 Å². The average molecular weight is 432 g/mol. The number of carbonyl (C=O) groups excluding carboxylic acids is 1. The van der Waals surface area contributed by atoms with Gasteiger partial charge < -0.3 is 0 Å². The van der Waals surface area contributed by atoms with Gasteiger partial charge in [0.2, 0.25) is 0 Å². The molecule has 16 heavy (non-hydrogen) atoms. The molecule has 78 valence electrons. The number of hydrogen-bond donors (Lipinski definition) is 0. The Kier molecular flexibility index (Phi) is 2.54. The van der Waals surface area contributed by atoms with Crippen molar-refractivity contribution in [2.45, 2.75) is 0 Å². The van der Waals surface area contributed by atoms with Crippen LogP contribution < -0.4 is 0 Å². The average Bonchev–Trinajstić information content (AvgIpc) is 2.53. The Balaban J connectivity index is 2.34. The van der Waals surface area contributed by atoms with Crippen LogP contribution in [-0.2, 0) is 0 Å². The van der Waals surface area contributed by atoms with Gasteiger partial charge in [-0.15, -0.1) is 0 Å². The van der Waals surface area contributed by atoms with Crippen molar-refractivity contribution in [1.82, 2.24) is 0 Å². The van der Waals surface area contributed by atoms with Crippen molar-refractivity contribution >= 4 is 51.0 Å². The zero-order valence-corrected chi connectivity index (χ0v) is 12.4. The molecule has 0 spiro atoms. The summed E-state index contributed by atoms with van der Waals surface area (Å²) in [5.74, 6) is 0.155. The molecule has 0 atom stereocenters. The lowest BCUT2D eigenvalue weighted by atomic mass is 10.1. The summed E-state index contributed by atoms with van der Waals surface area (Å²) in [4.78, 5) is 12.2. The van der Waals surface area contributed by atoms with Gasteiger partial charge in [-0.3, -0.25) is 4.79 Å². The summed E-state index contributed by atoms with van der Waals surface area (Å²) >= 11 is 4.47. The van der Waals surface area contributed by atoms with E-state index in [4.69, 9.17) is 0 Å². The fraction of sp³-hybridized carbons (Fsp3) is 0. The lowest BCUT2D eigenvalue weighted by Crippen LogP contribution is -1.95. The number of ketones is 1. The third-order valence-electron chi connectivity index (χ3n) is 2.74. The standard InChI is InChI=1S/C13H6I2O/c14-7-1-3-9-10-4-2-8(15)6-12(10)13(16)11(9)5-7/h1-6H. The van der Waals surface area contributed by atoms with Crippen LogP contribution in [0.2, 0.25) is 0 Å². The zero-order chi connectivity index (χ0) is 11.3. The first-order valence-corrected chi connectivity index (χ1v) is 6.97. The highest BCUT2D eigenvalue weighted by molar-refractivity contribution is 14.1. The minimum Gasteiger partial charge on any atom is -0.289 e. The van der Waals surface area contributed by atoms with Crippen LogP contribution in [-0.4, -0.2) is 5.78 Å². The number of benzene rings is 2. The van der Waals surface area contributed by atoms with Gasteiger partial charge >= 0.3 is 0 Å². The summed E-state index contributed by atoms with van der Waals surface area (Å²) in [7, 11) is 0. The van der Waals surface area contributed by atoms with Gasteiger partial charge in [0, 0.05) is 18.3 Å². The van der Waals surface area contributed by atoms with Crippen LogP contribution in [0.15, 0.2) is 36.4 Å². The van der Waals surface area contributed by atoms with E-state index in [0.717, 1.165) is 29.4 Å². The van der Waals surface area contributed by atoms with E-state index in [1.54, 1.807) is 0 Å². The second-order valence-electron chi connectivity index (χ2n) is 3.71. The smallest absolute Gasteiger partial charge is 0.194 e. The predicted octanol–water partition coefficient (Wildman–Crippen LogP) is 4.11. The third-order valence-corrected chi connectivity index (χ3v) is 4.08. The molecule has 2 aromatic carbocycles. The van der Waals surface area contributed by atoms with E-state index in [1.807, 2.05) is 36.4 Å². The van der Waals surface area contributed by atoms with Crippen LogP contribution in [0.3, 0.4) is 0 Å². The van der Waals surface area contributed by atoms with E-state index in [9.17, 15) is 4.79 Å². The van der Waals surface area contributed by atoms with Gasteiger partial charge in [-0.1, -0.05) is 12.1 Å². The SMILES string of the molecule is O=C1c2cc(I)ccc2-c2ccc(I)cc21. The molecule has 3 rings (SSSR count). The van der Waals surface area contributed by atoms with Crippen molar-refractivity contribution in [2.75, 3.05) is 0 Å². The fourth-order valence-electron chi connectivity index (χ4n) is 2.02. The van der Waals surface area contributed by atoms with Crippen molar-refractivity contribution in [3.05, 3.63) is 54.7 Å². The Morgan fingerprint density at radius 2 is 1.12 bits per heavy atom. The van der Waals surface area contributed by atoms with E-state index in [1.165, 1.54) is 0 Å². The molecule has 1 aliphatic carbocycles. The lowest BCUT2D eigenvalue weighted by molar-refractivity contribution is 0.104. The molecule has 0 amide bonds. The number of hydrogen-bond acceptors (Lipinski definition) is 1. The Labute approximate surface area is 121 Å². The van der Waals surface area contributed by atoms with Crippen LogP contribution in [0.1, 0.15) is 15.9 Å². The van der Waals surface area contributed by atoms with E-state index >= 15 is 0 Å². The molecule has 1 aliphatic rings. The maximum absolute atomic E-state index is 12.2. The van der Waals surface area contributed by atoms with Crippen LogP contribution in [0, 0.1) is 7.14 Å². The van der Waals surface area contributed by atoms with Gasteiger partial charge in [0.05, 0.1) is 0 Å². The Morgan fingerprint density at radius 1 is 0.688 bits per heavy atom. The largest absolute Gasteiger partial charge is 0.289 e. The fourth-order valence-corrected chi connectivity index (χ4v) is 3.01. The van der Waals surface area contributed by atoms with E-state index < -0.39 is 0 Å². The Morgan fingerprint density at radius 3 is 1.56 bits per heavy atom. The molecule has 0 aromatic heterocycles. The van der Waals surface area contributed by atoms with Gasteiger partial charge in [-0.25, -0.2) is 0 Å². The van der Waals surface area contributed by atoms with Crippen molar-refractivity contribution < 1.29 is 4.79 Å². The molecule has 1 nitrogen and oxygen atoms in total. The molecule has 0 unspecified atom stereocenters. The van der Waals surface area contributed by atoms with E-state index in [-0.39, 0.29) is 5.78 Å². The van der Waals surface area contributed by atoms with Crippen LogP contribution in [0.4, 0.5) is 0 Å². The third kappa shape index (κ3) is 1.52. The summed E-state index contributed by atoms with van der Waals surface area (Å²) in [6, 6.07) is 12.1. The summed E-state index contributed by atoms with van der Waals surface area (Å²) < 4.78 is 2.21. The molecule has 0 fully saturated rings. The van der Waals surface area contributed by atoms with Gasteiger partial charge in [0.1, 0.15) is 0 Å². The van der Waals surface area contributed by atoms with Gasteiger partial charge in [0.25, 0.3) is 0 Å². The Hall–Kier alpha value is -0.430. The van der Waals surface area contributed by atoms with Crippen LogP contribution in [0.5, 0.6) is 0 Å².